The van der Waals surface area contributed by atoms with E-state index in [1.165, 1.54) is 289 Å². The topological polar surface area (TPSA) is 78.9 Å². The summed E-state index contributed by atoms with van der Waals surface area (Å²) in [5.74, 6) is -0.848. The zero-order chi connectivity index (χ0) is 57.1. The maximum atomic E-state index is 12.9. The average Bonchev–Trinajstić information content (AvgIpc) is 3.45. The summed E-state index contributed by atoms with van der Waals surface area (Å²) >= 11 is 0. The molecule has 0 aromatic rings. The van der Waals surface area contributed by atoms with E-state index in [4.69, 9.17) is 14.2 Å². The quantitative estimate of drug-likeness (QED) is 0.0261. The average molecular weight is 1110 g/mol. The van der Waals surface area contributed by atoms with Gasteiger partial charge in [-0.25, -0.2) is 0 Å². The molecule has 0 aliphatic rings. The summed E-state index contributed by atoms with van der Waals surface area (Å²) in [4.78, 5) is 38.2. The van der Waals surface area contributed by atoms with Crippen LogP contribution in [0.4, 0.5) is 0 Å². The lowest BCUT2D eigenvalue weighted by molar-refractivity contribution is -0.167. The number of hydrogen-bond donors (Lipinski definition) is 0. The van der Waals surface area contributed by atoms with E-state index in [1.807, 2.05) is 0 Å². The van der Waals surface area contributed by atoms with Crippen LogP contribution in [0.5, 0.6) is 0 Å². The van der Waals surface area contributed by atoms with E-state index in [0.29, 0.717) is 19.3 Å². The van der Waals surface area contributed by atoms with Gasteiger partial charge in [-0.2, -0.15) is 0 Å². The van der Waals surface area contributed by atoms with Gasteiger partial charge >= 0.3 is 17.9 Å². The minimum absolute atomic E-state index is 0.0669. The molecule has 79 heavy (non-hydrogen) atoms. The lowest BCUT2D eigenvalue weighted by Crippen LogP contribution is -2.30. The molecule has 0 rings (SSSR count). The maximum absolute atomic E-state index is 12.9. The minimum Gasteiger partial charge on any atom is -0.462 e. The van der Waals surface area contributed by atoms with Crippen LogP contribution in [0.15, 0.2) is 36.5 Å². The zero-order valence-electron chi connectivity index (χ0n) is 53.4. The largest absolute Gasteiger partial charge is 0.462 e. The van der Waals surface area contributed by atoms with Gasteiger partial charge in [0.05, 0.1) is 0 Å². The Balaban J connectivity index is 4.00. The molecule has 0 fully saturated rings. The van der Waals surface area contributed by atoms with Crippen LogP contribution in [0.25, 0.3) is 0 Å². The highest BCUT2D eigenvalue weighted by molar-refractivity contribution is 5.71. The van der Waals surface area contributed by atoms with Crippen molar-refractivity contribution in [3.63, 3.8) is 0 Å². The van der Waals surface area contributed by atoms with Crippen molar-refractivity contribution in [3.8, 4) is 0 Å². The Kier molecular flexibility index (Phi) is 66.1. The van der Waals surface area contributed by atoms with E-state index < -0.39 is 6.10 Å². The molecule has 1 unspecified atom stereocenters. The number of carbonyl (C=O) groups is 3. The lowest BCUT2D eigenvalue weighted by atomic mass is 10.0. The highest BCUT2D eigenvalue weighted by Crippen LogP contribution is 2.18. The molecule has 464 valence electrons. The lowest BCUT2D eigenvalue weighted by Gasteiger charge is -2.18. The number of carbonyl (C=O) groups excluding carboxylic acids is 3. The Morgan fingerprint density at radius 2 is 0.456 bits per heavy atom. The minimum atomic E-state index is -0.768. The predicted octanol–water partition coefficient (Wildman–Crippen LogP) is 24.3. The first-order chi connectivity index (χ1) is 39.0. The number of rotatable bonds is 66. The molecule has 0 saturated carbocycles. The molecule has 1 atom stereocenters. The highest BCUT2D eigenvalue weighted by Gasteiger charge is 2.19. The second kappa shape index (κ2) is 68.1. The first kappa shape index (κ1) is 76.6. The van der Waals surface area contributed by atoms with Crippen molar-refractivity contribution in [2.24, 2.45) is 0 Å². The standard InChI is InChI=1S/C73H136O6/c1-4-7-10-13-16-18-20-22-24-26-28-30-32-33-34-35-36-37-38-39-41-42-44-46-48-50-52-54-57-60-63-66-72(75)78-69-70(68-77-71(74)65-62-59-56-15-12-9-6-3)79-73(76)67-64-61-58-55-53-51-49-47-45-43-40-31-29-27-25-23-21-19-17-14-11-8-5-2/h20,22,26-29,70H,4-19,21,23-25,30-69H2,1-3H3/b22-20-,28-26-,29-27-. The van der Waals surface area contributed by atoms with Crippen molar-refractivity contribution >= 4 is 17.9 Å². The van der Waals surface area contributed by atoms with Crippen LogP contribution < -0.4 is 0 Å². The second-order valence-corrected chi connectivity index (χ2v) is 24.1. The molecule has 0 aromatic carbocycles. The number of allylic oxidation sites excluding steroid dienone is 6. The Morgan fingerprint density at radius 1 is 0.253 bits per heavy atom. The number of hydrogen-bond acceptors (Lipinski definition) is 6. The third-order valence-corrected chi connectivity index (χ3v) is 16.1. The van der Waals surface area contributed by atoms with Gasteiger partial charge in [0.2, 0.25) is 0 Å². The number of unbranched alkanes of at least 4 members (excludes halogenated alkanes) is 49. The molecular formula is C73H136O6. The SMILES string of the molecule is CCCCCCC/C=C\C/C=C\CCCCCCCCCCCCCCCCCCCCCC(=O)OCC(COC(=O)CCCCCCCCC)OC(=O)CCCCCCCCCCCCC/C=C\CCCCCCCCCC. The van der Waals surface area contributed by atoms with Gasteiger partial charge in [-0.05, 0) is 77.0 Å². The number of esters is 3. The van der Waals surface area contributed by atoms with Crippen LogP contribution in [0.1, 0.15) is 393 Å². The molecule has 0 aromatic heterocycles. The van der Waals surface area contributed by atoms with Crippen molar-refractivity contribution < 1.29 is 28.6 Å². The molecule has 0 N–H and O–H groups in total. The molecule has 0 aliphatic heterocycles. The summed E-state index contributed by atoms with van der Waals surface area (Å²) in [6.07, 6.45) is 85.0. The third kappa shape index (κ3) is 66.3. The van der Waals surface area contributed by atoms with E-state index in [0.717, 1.165) is 64.2 Å². The van der Waals surface area contributed by atoms with Crippen molar-refractivity contribution in [2.75, 3.05) is 13.2 Å². The molecule has 0 heterocycles. The third-order valence-electron chi connectivity index (χ3n) is 16.1. The van der Waals surface area contributed by atoms with E-state index in [2.05, 4.69) is 57.2 Å². The summed E-state index contributed by atoms with van der Waals surface area (Å²) in [7, 11) is 0. The summed E-state index contributed by atoms with van der Waals surface area (Å²) in [6.45, 7) is 6.65. The van der Waals surface area contributed by atoms with Gasteiger partial charge in [-0.15, -0.1) is 0 Å². The van der Waals surface area contributed by atoms with Crippen molar-refractivity contribution in [1.82, 2.24) is 0 Å². The van der Waals surface area contributed by atoms with Crippen LogP contribution in [-0.2, 0) is 28.6 Å². The van der Waals surface area contributed by atoms with Crippen LogP contribution in [0.3, 0.4) is 0 Å². The Hall–Kier alpha value is -2.37. The van der Waals surface area contributed by atoms with Crippen molar-refractivity contribution in [3.05, 3.63) is 36.5 Å². The first-order valence-corrected chi connectivity index (χ1v) is 35.5. The van der Waals surface area contributed by atoms with E-state index >= 15 is 0 Å². The molecule has 6 heteroatoms. The molecule has 0 saturated heterocycles. The zero-order valence-corrected chi connectivity index (χ0v) is 53.4. The predicted molar refractivity (Wildman–Crippen MR) is 344 cm³/mol. The highest BCUT2D eigenvalue weighted by atomic mass is 16.6. The molecular weight excluding hydrogens is 973 g/mol. The van der Waals surface area contributed by atoms with Crippen LogP contribution in [0.2, 0.25) is 0 Å². The monoisotopic (exact) mass is 1110 g/mol. The van der Waals surface area contributed by atoms with Crippen LogP contribution in [-0.4, -0.2) is 37.2 Å². The Bertz CT molecular complexity index is 1320. The second-order valence-electron chi connectivity index (χ2n) is 24.1. The summed E-state index contributed by atoms with van der Waals surface area (Å²) in [6, 6.07) is 0. The normalized spacial score (nSPS) is 12.2. The van der Waals surface area contributed by atoms with Gasteiger partial charge in [0.25, 0.3) is 0 Å². The molecule has 0 amide bonds. The fourth-order valence-corrected chi connectivity index (χ4v) is 10.8. The van der Waals surface area contributed by atoms with Gasteiger partial charge in [0.15, 0.2) is 6.10 Å². The van der Waals surface area contributed by atoms with Crippen molar-refractivity contribution in [2.45, 2.75) is 399 Å². The Labute approximate surface area is 493 Å². The van der Waals surface area contributed by atoms with Gasteiger partial charge in [0.1, 0.15) is 13.2 Å². The molecule has 0 spiro atoms. The first-order valence-electron chi connectivity index (χ1n) is 35.5. The Morgan fingerprint density at radius 3 is 0.709 bits per heavy atom. The maximum Gasteiger partial charge on any atom is 0.306 e. The summed E-state index contributed by atoms with van der Waals surface area (Å²) in [5.41, 5.74) is 0. The number of ether oxygens (including phenoxy) is 3. The fourth-order valence-electron chi connectivity index (χ4n) is 10.8. The van der Waals surface area contributed by atoms with Crippen molar-refractivity contribution in [1.29, 1.82) is 0 Å². The van der Waals surface area contributed by atoms with E-state index in [9.17, 15) is 14.4 Å². The smallest absolute Gasteiger partial charge is 0.306 e. The van der Waals surface area contributed by atoms with Gasteiger partial charge in [0, 0.05) is 19.3 Å². The molecule has 0 bridgehead atoms. The fraction of sp³-hybridized carbons (Fsp3) is 0.877. The molecule has 0 aliphatic carbocycles. The molecule has 0 radical (unpaired) electrons. The van der Waals surface area contributed by atoms with Crippen LogP contribution in [0, 0.1) is 0 Å². The van der Waals surface area contributed by atoms with E-state index in [-0.39, 0.29) is 31.1 Å². The van der Waals surface area contributed by atoms with Gasteiger partial charge in [-0.1, -0.05) is 333 Å². The van der Waals surface area contributed by atoms with Gasteiger partial charge in [-0.3, -0.25) is 14.4 Å². The molecule has 6 nitrogen and oxygen atoms in total. The summed E-state index contributed by atoms with van der Waals surface area (Å²) in [5, 5.41) is 0. The summed E-state index contributed by atoms with van der Waals surface area (Å²) < 4.78 is 16.9. The van der Waals surface area contributed by atoms with E-state index in [1.54, 1.807) is 0 Å². The van der Waals surface area contributed by atoms with Crippen LogP contribution >= 0.6 is 0 Å². The van der Waals surface area contributed by atoms with Gasteiger partial charge < -0.3 is 14.2 Å².